The third-order valence-electron chi connectivity index (χ3n) is 5.41. The van der Waals surface area contributed by atoms with Gasteiger partial charge in [0.05, 0.1) is 18.8 Å². The molecule has 1 saturated carbocycles. The van der Waals surface area contributed by atoms with Gasteiger partial charge in [-0.3, -0.25) is 9.59 Å². The van der Waals surface area contributed by atoms with E-state index >= 15 is 0 Å². The number of allylic oxidation sites excluding steroid dienone is 1. The van der Waals surface area contributed by atoms with Gasteiger partial charge in [0.2, 0.25) is 0 Å². The average molecular weight is 369 g/mol. The van der Waals surface area contributed by atoms with Crippen LogP contribution in [-0.4, -0.2) is 35.9 Å². The Balaban J connectivity index is 2.95. The van der Waals surface area contributed by atoms with E-state index in [9.17, 15) is 14.7 Å². The second-order valence-corrected chi connectivity index (χ2v) is 7.37. The van der Waals surface area contributed by atoms with E-state index in [0.717, 1.165) is 25.7 Å². The summed E-state index contributed by atoms with van der Waals surface area (Å²) in [5, 5.41) is 11.1. The molecule has 0 aliphatic heterocycles. The van der Waals surface area contributed by atoms with E-state index in [-0.39, 0.29) is 25.0 Å². The summed E-state index contributed by atoms with van der Waals surface area (Å²) >= 11 is 0. The number of carbonyl (C=O) groups is 2. The predicted molar refractivity (Wildman–Crippen MR) is 101 cm³/mol. The molecule has 0 aromatic carbocycles. The van der Waals surface area contributed by atoms with Gasteiger partial charge in [0, 0.05) is 5.92 Å². The predicted octanol–water partition coefficient (Wildman–Crippen LogP) is 4.03. The van der Waals surface area contributed by atoms with Gasteiger partial charge in [-0.25, -0.2) is 0 Å². The summed E-state index contributed by atoms with van der Waals surface area (Å²) in [6.45, 7) is 10.1. The number of ether oxygens (including phenoxy) is 2. The number of unbranched alkanes of at least 4 members (excludes halogenated alkanes) is 1. The molecule has 1 rings (SSSR count). The van der Waals surface area contributed by atoms with Crippen molar-refractivity contribution in [2.24, 2.45) is 17.3 Å². The van der Waals surface area contributed by atoms with Crippen molar-refractivity contribution in [3.8, 4) is 0 Å². The fourth-order valence-electron chi connectivity index (χ4n) is 3.53. The molecule has 1 aliphatic carbocycles. The van der Waals surface area contributed by atoms with Crippen molar-refractivity contribution in [3.63, 3.8) is 0 Å². The fraction of sp³-hybridized carbons (Fsp3) is 0.810. The first-order chi connectivity index (χ1) is 12.3. The molecule has 150 valence electrons. The topological polar surface area (TPSA) is 72.8 Å². The first kappa shape index (κ1) is 22.7. The normalized spacial score (nSPS) is 21.8. The van der Waals surface area contributed by atoms with Crippen LogP contribution in [-0.2, 0) is 19.1 Å². The Morgan fingerprint density at radius 2 is 1.73 bits per heavy atom. The second kappa shape index (κ2) is 10.1. The number of esters is 2. The Morgan fingerprint density at radius 3 is 2.19 bits per heavy atom. The average Bonchev–Trinajstić information content (AvgIpc) is 3.34. The summed E-state index contributed by atoms with van der Waals surface area (Å²) in [7, 11) is 0. The molecule has 0 amide bonds. The van der Waals surface area contributed by atoms with Gasteiger partial charge >= 0.3 is 11.9 Å². The van der Waals surface area contributed by atoms with Gasteiger partial charge < -0.3 is 14.6 Å². The van der Waals surface area contributed by atoms with Crippen molar-refractivity contribution in [1.82, 2.24) is 0 Å². The molecule has 1 fully saturated rings. The van der Waals surface area contributed by atoms with E-state index in [1.807, 2.05) is 19.1 Å². The van der Waals surface area contributed by atoms with Crippen LogP contribution in [0.5, 0.6) is 0 Å². The maximum atomic E-state index is 12.4. The lowest BCUT2D eigenvalue weighted by molar-refractivity contribution is -0.164. The van der Waals surface area contributed by atoms with E-state index < -0.39 is 23.0 Å². The van der Waals surface area contributed by atoms with Gasteiger partial charge in [-0.05, 0) is 39.0 Å². The number of hydrogen-bond donors (Lipinski definition) is 1. The molecule has 5 nitrogen and oxygen atoms in total. The van der Waals surface area contributed by atoms with Crippen LogP contribution < -0.4 is 0 Å². The van der Waals surface area contributed by atoms with Crippen LogP contribution in [0.4, 0.5) is 0 Å². The molecular formula is C21H36O5. The zero-order valence-corrected chi connectivity index (χ0v) is 17.0. The molecule has 0 bridgehead atoms. The van der Waals surface area contributed by atoms with Crippen LogP contribution in [0.2, 0.25) is 0 Å². The fourth-order valence-corrected chi connectivity index (χ4v) is 3.53. The molecule has 0 saturated heterocycles. The first-order valence-corrected chi connectivity index (χ1v) is 10.1. The number of hydrogen-bond acceptors (Lipinski definition) is 5. The maximum absolute atomic E-state index is 12.4. The van der Waals surface area contributed by atoms with E-state index in [1.54, 1.807) is 13.8 Å². The van der Waals surface area contributed by atoms with Gasteiger partial charge in [0.1, 0.15) is 0 Å². The summed E-state index contributed by atoms with van der Waals surface area (Å²) < 4.78 is 10.2. The lowest BCUT2D eigenvalue weighted by atomic mass is 9.81. The molecule has 3 atom stereocenters. The monoisotopic (exact) mass is 368 g/mol. The van der Waals surface area contributed by atoms with Crippen molar-refractivity contribution in [2.75, 3.05) is 13.2 Å². The smallest absolute Gasteiger partial charge is 0.324 e. The first-order valence-electron chi connectivity index (χ1n) is 10.1. The van der Waals surface area contributed by atoms with E-state index in [1.165, 1.54) is 0 Å². The summed E-state index contributed by atoms with van der Waals surface area (Å²) in [6.07, 6.45) is 8.65. The second-order valence-electron chi connectivity index (χ2n) is 7.37. The van der Waals surface area contributed by atoms with Crippen molar-refractivity contribution < 1.29 is 24.2 Å². The summed E-state index contributed by atoms with van der Waals surface area (Å²) in [5.41, 5.74) is -2.15. The van der Waals surface area contributed by atoms with Crippen molar-refractivity contribution in [3.05, 3.63) is 12.2 Å². The Labute approximate surface area is 158 Å². The van der Waals surface area contributed by atoms with Gasteiger partial charge in [0.25, 0.3) is 0 Å². The SMILES string of the molecule is CCCCC(C)C(O)(C=CC1CC1(C(=O)OCC)C(=O)OCC)CCC. The van der Waals surface area contributed by atoms with Crippen LogP contribution in [0.3, 0.4) is 0 Å². The van der Waals surface area contributed by atoms with Crippen molar-refractivity contribution >= 4 is 11.9 Å². The number of carbonyl (C=O) groups excluding carboxylic acids is 2. The molecular weight excluding hydrogens is 332 g/mol. The van der Waals surface area contributed by atoms with Gasteiger partial charge in [0.15, 0.2) is 5.41 Å². The maximum Gasteiger partial charge on any atom is 0.324 e. The standard InChI is InChI=1S/C21H36O5/c1-6-10-11-16(5)20(24,13-7-2)14-12-17-15-21(17,18(22)25-8-3)19(23)26-9-4/h12,14,16-17,24H,6-11,13,15H2,1-5H3. The van der Waals surface area contributed by atoms with E-state index in [0.29, 0.717) is 12.8 Å². The molecule has 3 unspecified atom stereocenters. The van der Waals surface area contributed by atoms with Crippen LogP contribution in [0.1, 0.15) is 73.1 Å². The number of aliphatic hydroxyl groups is 1. The molecule has 0 spiro atoms. The Bertz CT molecular complexity index is 481. The zero-order chi connectivity index (χ0) is 19.8. The summed E-state index contributed by atoms with van der Waals surface area (Å²) in [5.74, 6) is -1.20. The quantitative estimate of drug-likeness (QED) is 0.320. The van der Waals surface area contributed by atoms with Crippen LogP contribution in [0, 0.1) is 17.3 Å². The molecule has 5 heteroatoms. The molecule has 0 aromatic heterocycles. The third kappa shape index (κ3) is 5.09. The van der Waals surface area contributed by atoms with Gasteiger partial charge in [-0.2, -0.15) is 0 Å². The molecule has 0 aromatic rings. The summed E-state index contributed by atoms with van der Waals surface area (Å²) in [4.78, 5) is 24.7. The van der Waals surface area contributed by atoms with Crippen LogP contribution >= 0.6 is 0 Å². The van der Waals surface area contributed by atoms with E-state index in [4.69, 9.17) is 9.47 Å². The molecule has 0 radical (unpaired) electrons. The zero-order valence-electron chi connectivity index (χ0n) is 17.0. The molecule has 0 heterocycles. The highest BCUT2D eigenvalue weighted by atomic mass is 16.6. The largest absolute Gasteiger partial charge is 0.465 e. The van der Waals surface area contributed by atoms with Gasteiger partial charge in [-0.1, -0.05) is 52.2 Å². The molecule has 26 heavy (non-hydrogen) atoms. The lowest BCUT2D eigenvalue weighted by Gasteiger charge is -2.31. The van der Waals surface area contributed by atoms with Crippen molar-refractivity contribution in [2.45, 2.75) is 78.7 Å². The van der Waals surface area contributed by atoms with E-state index in [2.05, 4.69) is 13.8 Å². The summed E-state index contributed by atoms with van der Waals surface area (Å²) in [6, 6.07) is 0. The van der Waals surface area contributed by atoms with Crippen LogP contribution in [0.25, 0.3) is 0 Å². The Hall–Kier alpha value is -1.36. The van der Waals surface area contributed by atoms with Crippen molar-refractivity contribution in [1.29, 1.82) is 0 Å². The third-order valence-corrected chi connectivity index (χ3v) is 5.41. The minimum Gasteiger partial charge on any atom is -0.465 e. The Kier molecular flexibility index (Phi) is 8.81. The Morgan fingerprint density at radius 1 is 1.15 bits per heavy atom. The highest BCUT2D eigenvalue weighted by Crippen LogP contribution is 2.55. The van der Waals surface area contributed by atoms with Crippen LogP contribution in [0.15, 0.2) is 12.2 Å². The minimum absolute atomic E-state index is 0.122. The molecule has 1 N–H and O–H groups in total. The number of rotatable bonds is 12. The van der Waals surface area contributed by atoms with Gasteiger partial charge in [-0.15, -0.1) is 0 Å². The highest BCUT2D eigenvalue weighted by molar-refractivity contribution is 6.04. The minimum atomic E-state index is -1.23. The lowest BCUT2D eigenvalue weighted by Crippen LogP contribution is -2.35. The highest BCUT2D eigenvalue weighted by Gasteiger charge is 2.67. The molecule has 1 aliphatic rings.